The molecule has 0 aromatic heterocycles. The van der Waals surface area contributed by atoms with E-state index >= 15 is 0 Å². The van der Waals surface area contributed by atoms with E-state index < -0.39 is 158 Å². The van der Waals surface area contributed by atoms with Crippen LogP contribution in [0.15, 0.2) is 48.6 Å². The second-order valence-corrected chi connectivity index (χ2v) is 30.4. The minimum atomic E-state index is -3.61. The molecule has 0 radical (unpaired) electrons. The molecule has 1 saturated heterocycles. The van der Waals surface area contributed by atoms with E-state index in [0.29, 0.717) is 82.0 Å². The number of hydrogen-bond acceptors (Lipinski definition) is 27. The van der Waals surface area contributed by atoms with E-state index in [1.165, 1.54) is 27.7 Å². The highest BCUT2D eigenvalue weighted by molar-refractivity contribution is 7.87. The van der Waals surface area contributed by atoms with Gasteiger partial charge in [0.15, 0.2) is 26.4 Å². The van der Waals surface area contributed by atoms with Gasteiger partial charge in [-0.2, -0.15) is 8.42 Å². The Morgan fingerprint density at radius 3 is 1.24 bits per heavy atom. The second-order valence-electron chi connectivity index (χ2n) is 28.6. The quantitative estimate of drug-likeness (QED) is 0.0518. The molecular formula is C65H80O27S. The highest BCUT2D eigenvalue weighted by Crippen LogP contribution is 2.62. The first-order valence-corrected chi connectivity index (χ1v) is 32.7. The summed E-state index contributed by atoms with van der Waals surface area (Å²) in [4.78, 5) is 152. The van der Waals surface area contributed by atoms with Gasteiger partial charge in [-0.05, 0) is 148 Å². The van der Waals surface area contributed by atoms with E-state index in [4.69, 9.17) is 23.1 Å². The highest BCUT2D eigenvalue weighted by atomic mass is 32.2. The SMILES string of the molecule is C=C(C)C(=O)OCC(=O)C(=O)OC12CC3CC(C1)C(=O)C(C3)C2.C=C(C)C(=O)OCC(=O)C(=O)OC12CC3CC(CC(O)(C3)C1)C2.C=C(C)C(=O)OCC(=O)C(=O)OC12CC3CC(O)(CC(O)(C3)C1)C2.C=C(C)C(=O)OCC(=O)C(=O)OC1C2CC3C1OS(=O)(=O)C3C2. The molecular weight excluding hydrogens is 1240 g/mol. The van der Waals surface area contributed by atoms with Gasteiger partial charge < -0.3 is 53.2 Å². The van der Waals surface area contributed by atoms with E-state index in [2.05, 4.69) is 45.3 Å². The molecule has 1 aliphatic heterocycles. The van der Waals surface area contributed by atoms with Crippen molar-refractivity contribution in [3.63, 3.8) is 0 Å². The van der Waals surface area contributed by atoms with Gasteiger partial charge in [0.1, 0.15) is 34.8 Å². The normalized spacial score (nSPS) is 36.7. The van der Waals surface area contributed by atoms with Gasteiger partial charge in [0.05, 0.1) is 22.1 Å². The number of fused-ring (bicyclic) bond motifs is 1. The van der Waals surface area contributed by atoms with Crippen molar-refractivity contribution in [2.75, 3.05) is 26.4 Å². The van der Waals surface area contributed by atoms with Crippen molar-refractivity contribution in [1.82, 2.24) is 0 Å². The van der Waals surface area contributed by atoms with Crippen LogP contribution in [0.1, 0.15) is 150 Å². The van der Waals surface area contributed by atoms with Gasteiger partial charge in [-0.3, -0.25) is 28.2 Å². The molecule has 14 bridgehead atoms. The van der Waals surface area contributed by atoms with Crippen LogP contribution in [0.5, 0.6) is 0 Å². The summed E-state index contributed by atoms with van der Waals surface area (Å²) in [5.74, 6) is -9.85. The first-order chi connectivity index (χ1) is 43.2. The third-order valence-electron chi connectivity index (χ3n) is 20.1. The van der Waals surface area contributed by atoms with E-state index in [-0.39, 0.29) is 76.9 Å². The van der Waals surface area contributed by atoms with Gasteiger partial charge in [-0.15, -0.1) is 0 Å². The van der Waals surface area contributed by atoms with Crippen LogP contribution in [0.25, 0.3) is 0 Å². The Kier molecular flexibility index (Phi) is 19.8. The zero-order valence-electron chi connectivity index (χ0n) is 52.5. The van der Waals surface area contributed by atoms with Crippen molar-refractivity contribution >= 4 is 86.8 Å². The number of ketones is 5. The molecule has 11 atom stereocenters. The van der Waals surface area contributed by atoms with Crippen LogP contribution in [-0.4, -0.2) is 178 Å². The lowest BCUT2D eigenvalue weighted by molar-refractivity contribution is -0.260. The lowest BCUT2D eigenvalue weighted by atomic mass is 9.50. The van der Waals surface area contributed by atoms with Crippen LogP contribution in [0.2, 0.25) is 0 Å². The van der Waals surface area contributed by atoms with Gasteiger partial charge in [0.2, 0.25) is 0 Å². The Balaban J connectivity index is 0.000000146. The summed E-state index contributed by atoms with van der Waals surface area (Å²) in [7, 11) is -3.61. The Hall–Kier alpha value is -7.14. The van der Waals surface area contributed by atoms with E-state index in [1.807, 2.05) is 0 Å². The molecule has 28 heteroatoms. The third-order valence-corrected chi connectivity index (χ3v) is 21.9. The monoisotopic (exact) mass is 1320 g/mol. The Labute approximate surface area is 536 Å². The van der Waals surface area contributed by atoms with Crippen molar-refractivity contribution in [3.05, 3.63) is 48.6 Å². The highest BCUT2D eigenvalue weighted by Gasteiger charge is 2.67. The summed E-state index contributed by atoms with van der Waals surface area (Å²) >= 11 is 0. The maximum absolute atomic E-state index is 12.1. The molecule has 3 N–H and O–H groups in total. The van der Waals surface area contributed by atoms with E-state index in [0.717, 1.165) is 38.5 Å². The van der Waals surface area contributed by atoms with Gasteiger partial charge in [0, 0.05) is 71.6 Å². The maximum atomic E-state index is 12.1. The second kappa shape index (κ2) is 26.2. The molecule has 0 spiro atoms. The smallest absolute Gasteiger partial charge is 0.378 e. The lowest BCUT2D eigenvalue weighted by Gasteiger charge is -2.62. The molecule has 27 nitrogen and oxygen atoms in total. The van der Waals surface area contributed by atoms with Crippen LogP contribution in [0.3, 0.4) is 0 Å². The minimum Gasteiger partial charge on any atom is -0.454 e. The van der Waals surface area contributed by atoms with Gasteiger partial charge >= 0.3 is 47.8 Å². The number of esters is 8. The average molecular weight is 1330 g/mol. The molecule has 15 aliphatic rings. The van der Waals surface area contributed by atoms with Crippen molar-refractivity contribution in [2.24, 2.45) is 47.3 Å². The standard InChI is InChI=1S/C17H22O7.C17H22O6.C17H20O6.C14H16O8S/c1-10(2)13(19)23-6-12(18)14(20)24-17-5-11-3-15(21,8-17)7-16(22,4-11)9-17;1-10(2)14(19)22-8-13(18)15(20)23-17-6-11-3-12(7-17)5-16(21,4-11)9-17;1-9(2)15(20)22-8-13(18)16(21)23-17-5-10-3-11(6-17)14(19)12(4-10)7-17;1-6(2)13(16)20-5-9(15)14(17)21-11-7-3-8-10(4-7)23(18,19)22-12(8)11/h11,21-22H,1,3-9H2,2H3;11-12,21H,1,3-9H2,2H3;10-12H,1,3-8H2,2H3;7-8,10-12H,1,3-5H2,2H3. The summed E-state index contributed by atoms with van der Waals surface area (Å²) < 4.78 is 68.8. The molecule has 93 heavy (non-hydrogen) atoms. The van der Waals surface area contributed by atoms with E-state index in [9.17, 15) is 86.1 Å². The van der Waals surface area contributed by atoms with Gasteiger partial charge in [-0.1, -0.05) is 26.3 Å². The predicted octanol–water partition coefficient (Wildman–Crippen LogP) is 2.81. The molecule has 0 aromatic rings. The van der Waals surface area contributed by atoms with Crippen molar-refractivity contribution in [1.29, 1.82) is 0 Å². The number of hydrogen-bond donors (Lipinski definition) is 3. The summed E-state index contributed by atoms with van der Waals surface area (Å²) in [6.45, 7) is 16.6. The number of rotatable bonds is 20. The topological polar surface area (TPSA) is 400 Å². The molecule has 15 fully saturated rings. The molecule has 508 valence electrons. The molecule has 0 amide bonds. The fourth-order valence-electron chi connectivity index (χ4n) is 17.7. The van der Waals surface area contributed by atoms with Crippen molar-refractivity contribution in [2.45, 2.75) is 201 Å². The Bertz CT molecular complexity index is 3320. The van der Waals surface area contributed by atoms with Gasteiger partial charge in [0.25, 0.3) is 33.3 Å². The van der Waals surface area contributed by atoms with Crippen LogP contribution >= 0.6 is 0 Å². The molecule has 14 saturated carbocycles. The molecule has 0 aromatic carbocycles. The number of ether oxygens (including phenoxy) is 8. The molecule has 11 unspecified atom stereocenters. The summed E-state index contributed by atoms with van der Waals surface area (Å²) in [6, 6.07) is 0. The lowest BCUT2D eigenvalue weighted by Crippen LogP contribution is -2.67. The van der Waals surface area contributed by atoms with Crippen LogP contribution in [-0.2, 0) is 115 Å². The number of carbonyl (C=O) groups excluding carboxylic acids is 13. The van der Waals surface area contributed by atoms with Crippen LogP contribution < -0.4 is 0 Å². The minimum absolute atomic E-state index is 0.0367. The Morgan fingerprint density at radius 1 is 0.441 bits per heavy atom. The Morgan fingerprint density at radius 2 is 0.817 bits per heavy atom. The average Bonchev–Trinajstić information content (AvgIpc) is 1.25. The summed E-state index contributed by atoms with van der Waals surface area (Å²) in [5.41, 5.74) is -4.75. The largest absolute Gasteiger partial charge is 0.454 e. The summed E-state index contributed by atoms with van der Waals surface area (Å²) in [6.07, 6.45) is 9.83. The predicted molar refractivity (Wildman–Crippen MR) is 313 cm³/mol. The fraction of sp³-hybridized carbons (Fsp3) is 0.677. The number of Topliss-reactive ketones (excluding diaryl/α,β-unsaturated/α-hetero) is 5. The van der Waals surface area contributed by atoms with Crippen LogP contribution in [0.4, 0.5) is 0 Å². The first-order valence-electron chi connectivity index (χ1n) is 31.2. The number of carbonyl (C=O) groups is 13. The molecule has 1 heterocycles. The third kappa shape index (κ3) is 15.7. The van der Waals surface area contributed by atoms with Crippen molar-refractivity contribution in [3.8, 4) is 0 Å². The molecule has 14 aliphatic carbocycles. The number of aliphatic hydroxyl groups is 3. The molecule has 15 rings (SSSR count). The van der Waals surface area contributed by atoms with Gasteiger partial charge in [-0.25, -0.2) is 38.4 Å². The maximum Gasteiger partial charge on any atom is 0.378 e. The van der Waals surface area contributed by atoms with Crippen LogP contribution in [0, 0.1) is 47.3 Å². The van der Waals surface area contributed by atoms with Crippen molar-refractivity contribution < 1.29 is 128 Å². The zero-order chi connectivity index (χ0) is 68.3. The fourth-order valence-corrected chi connectivity index (χ4v) is 19.5. The zero-order valence-corrected chi connectivity index (χ0v) is 53.3. The first kappa shape index (κ1) is 70.2. The van der Waals surface area contributed by atoms with E-state index in [1.54, 1.807) is 0 Å². The summed E-state index contributed by atoms with van der Waals surface area (Å²) in [5, 5.41) is 31.3.